The number of hydrogen-bond acceptors (Lipinski definition) is 3. The Balaban J connectivity index is 1.57. The number of aromatic nitrogens is 2. The third-order valence-corrected chi connectivity index (χ3v) is 5.47. The van der Waals surface area contributed by atoms with Crippen molar-refractivity contribution in [3.8, 4) is 11.3 Å². The molecule has 118 valence electrons. The molecule has 0 spiro atoms. The quantitative estimate of drug-likeness (QED) is 0.930. The molecule has 1 N–H and O–H groups in total. The van der Waals surface area contributed by atoms with Gasteiger partial charge in [0.15, 0.2) is 0 Å². The van der Waals surface area contributed by atoms with Crippen LogP contribution in [0, 0.1) is 18.3 Å². The van der Waals surface area contributed by atoms with Gasteiger partial charge in [-0.3, -0.25) is 4.79 Å². The van der Waals surface area contributed by atoms with Crippen LogP contribution in [0.15, 0.2) is 36.5 Å². The smallest absolute Gasteiger partial charge is 0.230 e. The average Bonchev–Trinajstić information content (AvgIpc) is 3.30. The molecule has 2 aliphatic rings. The van der Waals surface area contributed by atoms with Crippen molar-refractivity contribution in [1.82, 2.24) is 10.2 Å². The van der Waals surface area contributed by atoms with Gasteiger partial charge in [0.05, 0.1) is 11.1 Å². The Hall–Kier alpha value is -2.23. The van der Waals surface area contributed by atoms with Gasteiger partial charge in [0.2, 0.25) is 5.91 Å². The zero-order valence-corrected chi connectivity index (χ0v) is 13.4. The molecule has 1 aromatic heterocycles. The molecule has 2 saturated carbocycles. The van der Waals surface area contributed by atoms with E-state index in [1.165, 1.54) is 19.3 Å². The lowest BCUT2D eigenvalue weighted by Gasteiger charge is -2.33. The predicted molar refractivity (Wildman–Crippen MR) is 89.8 cm³/mol. The van der Waals surface area contributed by atoms with E-state index in [0.29, 0.717) is 5.92 Å². The van der Waals surface area contributed by atoms with Crippen LogP contribution in [0.2, 0.25) is 0 Å². The van der Waals surface area contributed by atoms with Crippen LogP contribution in [0.4, 0.5) is 5.69 Å². The van der Waals surface area contributed by atoms with E-state index >= 15 is 0 Å². The second-order valence-corrected chi connectivity index (χ2v) is 6.88. The molecule has 0 bridgehead atoms. The number of amides is 1. The summed E-state index contributed by atoms with van der Waals surface area (Å²) >= 11 is 0. The van der Waals surface area contributed by atoms with Gasteiger partial charge in [0.1, 0.15) is 0 Å². The van der Waals surface area contributed by atoms with E-state index in [-0.39, 0.29) is 11.3 Å². The van der Waals surface area contributed by atoms with Gasteiger partial charge in [-0.1, -0.05) is 12.5 Å². The first-order valence-corrected chi connectivity index (χ1v) is 8.39. The number of hydrogen-bond donors (Lipinski definition) is 1. The van der Waals surface area contributed by atoms with Crippen LogP contribution in [-0.4, -0.2) is 16.1 Å². The van der Waals surface area contributed by atoms with E-state index in [1.54, 1.807) is 6.20 Å². The Morgan fingerprint density at radius 2 is 2.09 bits per heavy atom. The molecule has 0 aliphatic heterocycles. The summed E-state index contributed by atoms with van der Waals surface area (Å²) in [5.74, 6) is 0.809. The Labute approximate surface area is 136 Å². The summed E-state index contributed by atoms with van der Waals surface area (Å²) < 4.78 is 0. The van der Waals surface area contributed by atoms with Crippen LogP contribution < -0.4 is 5.32 Å². The third-order valence-electron chi connectivity index (χ3n) is 5.47. The number of anilines is 1. The van der Waals surface area contributed by atoms with E-state index in [9.17, 15) is 4.79 Å². The highest BCUT2D eigenvalue weighted by Crippen LogP contribution is 2.59. The van der Waals surface area contributed by atoms with Gasteiger partial charge >= 0.3 is 0 Å². The van der Waals surface area contributed by atoms with Crippen LogP contribution >= 0.6 is 0 Å². The summed E-state index contributed by atoms with van der Waals surface area (Å²) in [7, 11) is 0. The van der Waals surface area contributed by atoms with Crippen molar-refractivity contribution in [2.75, 3.05) is 5.32 Å². The highest BCUT2D eigenvalue weighted by molar-refractivity contribution is 5.98. The first kappa shape index (κ1) is 14.4. The molecule has 1 aromatic carbocycles. The van der Waals surface area contributed by atoms with Gasteiger partial charge < -0.3 is 5.32 Å². The van der Waals surface area contributed by atoms with Crippen LogP contribution in [0.25, 0.3) is 11.3 Å². The molecule has 0 saturated heterocycles. The summed E-state index contributed by atoms with van der Waals surface area (Å²) in [4.78, 5) is 12.7. The lowest BCUT2D eigenvalue weighted by atomic mass is 9.73. The molecule has 23 heavy (non-hydrogen) atoms. The fourth-order valence-corrected chi connectivity index (χ4v) is 3.59. The Bertz CT molecular complexity index is 734. The molecular weight excluding hydrogens is 286 g/mol. The number of aryl methyl sites for hydroxylation is 1. The number of rotatable bonds is 4. The van der Waals surface area contributed by atoms with Crippen molar-refractivity contribution >= 4 is 11.6 Å². The van der Waals surface area contributed by atoms with Crippen molar-refractivity contribution in [2.24, 2.45) is 11.3 Å². The molecule has 0 atom stereocenters. The predicted octanol–water partition coefficient (Wildman–Crippen LogP) is 3.97. The number of carbonyl (C=O) groups excluding carboxylic acids is 1. The molecule has 2 aliphatic carbocycles. The molecule has 2 aromatic rings. The third kappa shape index (κ3) is 2.52. The van der Waals surface area contributed by atoms with Gasteiger partial charge in [-0.25, -0.2) is 0 Å². The van der Waals surface area contributed by atoms with Crippen LogP contribution in [0.3, 0.4) is 0 Å². The highest BCUT2D eigenvalue weighted by atomic mass is 16.2. The summed E-state index contributed by atoms with van der Waals surface area (Å²) in [6.07, 6.45) is 7.47. The monoisotopic (exact) mass is 307 g/mol. The van der Waals surface area contributed by atoms with E-state index in [0.717, 1.165) is 35.3 Å². The summed E-state index contributed by atoms with van der Waals surface area (Å²) in [6, 6.07) is 9.83. The molecule has 4 nitrogen and oxygen atoms in total. The van der Waals surface area contributed by atoms with Crippen molar-refractivity contribution in [3.63, 3.8) is 0 Å². The zero-order valence-electron chi connectivity index (χ0n) is 13.4. The van der Waals surface area contributed by atoms with Gasteiger partial charge in [0, 0.05) is 17.4 Å². The first-order chi connectivity index (χ1) is 11.2. The Morgan fingerprint density at radius 1 is 1.26 bits per heavy atom. The molecule has 1 amide bonds. The van der Waals surface area contributed by atoms with Gasteiger partial charge in [0.25, 0.3) is 0 Å². The minimum absolute atomic E-state index is 0.0736. The minimum Gasteiger partial charge on any atom is -0.326 e. The van der Waals surface area contributed by atoms with Gasteiger partial charge in [-0.2, -0.15) is 10.2 Å². The van der Waals surface area contributed by atoms with Gasteiger partial charge in [-0.15, -0.1) is 0 Å². The maximum absolute atomic E-state index is 12.7. The van der Waals surface area contributed by atoms with Crippen LogP contribution in [0.1, 0.15) is 37.7 Å². The molecule has 4 heteroatoms. The SMILES string of the molecule is Cc1ccc(NC(=O)C2(C3CCC3)CC2)cc1-c1cccnn1. The largest absolute Gasteiger partial charge is 0.326 e. The Morgan fingerprint density at radius 3 is 2.70 bits per heavy atom. The molecule has 2 fully saturated rings. The summed E-state index contributed by atoms with van der Waals surface area (Å²) in [5, 5.41) is 11.3. The van der Waals surface area contributed by atoms with Crippen LogP contribution in [0.5, 0.6) is 0 Å². The minimum atomic E-state index is -0.0736. The lowest BCUT2D eigenvalue weighted by molar-refractivity contribution is -0.124. The summed E-state index contributed by atoms with van der Waals surface area (Å²) in [6.45, 7) is 2.05. The average molecular weight is 307 g/mol. The van der Waals surface area contributed by atoms with E-state index < -0.39 is 0 Å². The van der Waals surface area contributed by atoms with E-state index in [4.69, 9.17) is 0 Å². The fraction of sp³-hybridized carbons (Fsp3) is 0.421. The van der Waals surface area contributed by atoms with E-state index in [1.807, 2.05) is 37.3 Å². The molecular formula is C19H21N3O. The van der Waals surface area contributed by atoms with Crippen molar-refractivity contribution < 1.29 is 4.79 Å². The number of benzene rings is 1. The first-order valence-electron chi connectivity index (χ1n) is 8.39. The maximum Gasteiger partial charge on any atom is 0.230 e. The molecule has 0 unspecified atom stereocenters. The number of nitrogens with zero attached hydrogens (tertiary/aromatic N) is 2. The molecule has 0 radical (unpaired) electrons. The van der Waals surface area contributed by atoms with Crippen molar-refractivity contribution in [2.45, 2.75) is 39.0 Å². The second kappa shape index (κ2) is 5.44. The van der Waals surface area contributed by atoms with Crippen molar-refractivity contribution in [1.29, 1.82) is 0 Å². The standard InChI is InChI=1S/C19H21N3O/c1-13-7-8-15(12-16(13)17-6-3-11-20-22-17)21-18(23)19(9-10-19)14-4-2-5-14/h3,6-8,11-12,14H,2,4-5,9-10H2,1H3,(H,21,23). The molecule has 4 rings (SSSR count). The van der Waals surface area contributed by atoms with Gasteiger partial charge in [-0.05, 0) is 68.4 Å². The zero-order chi connectivity index (χ0) is 15.9. The second-order valence-electron chi connectivity index (χ2n) is 6.88. The normalized spacial score (nSPS) is 19.0. The Kier molecular flexibility index (Phi) is 3.40. The van der Waals surface area contributed by atoms with Crippen molar-refractivity contribution in [3.05, 3.63) is 42.1 Å². The van der Waals surface area contributed by atoms with Crippen LogP contribution in [-0.2, 0) is 4.79 Å². The lowest BCUT2D eigenvalue weighted by Crippen LogP contribution is -2.34. The van der Waals surface area contributed by atoms with E-state index in [2.05, 4.69) is 15.5 Å². The topological polar surface area (TPSA) is 54.9 Å². The highest BCUT2D eigenvalue weighted by Gasteiger charge is 2.56. The fourth-order valence-electron chi connectivity index (χ4n) is 3.59. The number of carbonyl (C=O) groups is 1. The molecule has 1 heterocycles. The maximum atomic E-state index is 12.7. The summed E-state index contributed by atoms with van der Waals surface area (Å²) in [5.41, 5.74) is 3.76. The number of nitrogens with one attached hydrogen (secondary N) is 1.